The van der Waals surface area contributed by atoms with Crippen molar-refractivity contribution >= 4 is 15.9 Å². The molecule has 10 heteroatoms. The van der Waals surface area contributed by atoms with Gasteiger partial charge in [0, 0.05) is 28.2 Å². The summed E-state index contributed by atoms with van der Waals surface area (Å²) in [5.41, 5.74) is 4.34. The van der Waals surface area contributed by atoms with Crippen molar-refractivity contribution < 1.29 is 21.8 Å². The third-order valence-corrected chi connectivity index (χ3v) is 7.23. The molecule has 5 aromatic rings. The number of benzene rings is 2. The zero-order chi connectivity index (χ0) is 25.4. The molecule has 0 radical (unpaired) electrons. The molecule has 0 saturated carbocycles. The predicted octanol–water partition coefficient (Wildman–Crippen LogP) is 6.19. The highest BCUT2D eigenvalue weighted by molar-refractivity contribution is 7.92. The molecule has 0 spiro atoms. The number of oxazole rings is 2. The van der Waals surface area contributed by atoms with Crippen LogP contribution in [0.25, 0.3) is 33.8 Å². The van der Waals surface area contributed by atoms with Crippen LogP contribution in [0.4, 0.5) is 5.88 Å². The molecule has 9 nitrogen and oxygen atoms in total. The first-order valence-corrected chi connectivity index (χ1v) is 12.8. The zero-order valence-electron chi connectivity index (χ0n) is 20.1. The second-order valence-electron chi connectivity index (χ2n) is 8.65. The number of anilines is 1. The third-order valence-electron chi connectivity index (χ3n) is 5.84. The van der Waals surface area contributed by atoms with Gasteiger partial charge in [0.25, 0.3) is 10.0 Å². The van der Waals surface area contributed by atoms with Crippen molar-refractivity contribution in [1.82, 2.24) is 15.1 Å². The van der Waals surface area contributed by atoms with Crippen LogP contribution in [0.5, 0.6) is 0 Å². The van der Waals surface area contributed by atoms with E-state index in [2.05, 4.69) is 19.8 Å². The number of nitrogens with zero attached hydrogens (tertiary/aromatic N) is 3. The van der Waals surface area contributed by atoms with Crippen molar-refractivity contribution in [2.24, 2.45) is 0 Å². The highest BCUT2D eigenvalue weighted by atomic mass is 32.2. The minimum Gasteiger partial charge on any atom is -0.448 e. The van der Waals surface area contributed by atoms with Crippen LogP contribution < -0.4 is 4.72 Å². The van der Waals surface area contributed by atoms with Crippen molar-refractivity contribution in [2.45, 2.75) is 38.5 Å². The van der Waals surface area contributed by atoms with E-state index in [1.54, 1.807) is 50.6 Å². The van der Waals surface area contributed by atoms with Gasteiger partial charge in [0.05, 0.1) is 16.8 Å². The van der Waals surface area contributed by atoms with Gasteiger partial charge in [-0.2, -0.15) is 0 Å². The number of hydrogen-bond acceptors (Lipinski definition) is 8. The van der Waals surface area contributed by atoms with Gasteiger partial charge in [-0.1, -0.05) is 43.3 Å². The highest BCUT2D eigenvalue weighted by Crippen LogP contribution is 2.39. The molecule has 0 aliphatic heterocycles. The lowest BCUT2D eigenvalue weighted by Gasteiger charge is -2.14. The topological polar surface area (TPSA) is 124 Å². The Kier molecular flexibility index (Phi) is 5.97. The molecule has 1 N–H and O–H groups in total. The first kappa shape index (κ1) is 23.6. The molecule has 2 aromatic carbocycles. The van der Waals surface area contributed by atoms with E-state index >= 15 is 0 Å². The van der Waals surface area contributed by atoms with E-state index in [-0.39, 0.29) is 16.7 Å². The van der Waals surface area contributed by atoms with E-state index in [0.29, 0.717) is 45.4 Å². The molecule has 3 heterocycles. The summed E-state index contributed by atoms with van der Waals surface area (Å²) >= 11 is 0. The third kappa shape index (κ3) is 4.31. The van der Waals surface area contributed by atoms with E-state index in [0.717, 1.165) is 5.56 Å². The lowest BCUT2D eigenvalue weighted by atomic mass is 9.95. The quantitative estimate of drug-likeness (QED) is 0.278. The van der Waals surface area contributed by atoms with Crippen LogP contribution in [0.15, 0.2) is 79.4 Å². The first-order valence-electron chi connectivity index (χ1n) is 11.3. The van der Waals surface area contributed by atoms with E-state index < -0.39 is 10.0 Å². The second-order valence-corrected chi connectivity index (χ2v) is 10.3. The molecule has 0 unspecified atom stereocenters. The number of nitrogens with one attached hydrogen (secondary N) is 1. The molecule has 3 aromatic heterocycles. The van der Waals surface area contributed by atoms with Crippen molar-refractivity contribution in [2.75, 3.05) is 4.72 Å². The summed E-state index contributed by atoms with van der Waals surface area (Å²) < 4.78 is 45.9. The molecule has 0 saturated heterocycles. The Hall–Kier alpha value is -4.18. The maximum absolute atomic E-state index is 13.5. The number of aryl methyl sites for hydroxylation is 1. The molecular formula is C26H24N4O5S. The Balaban J connectivity index is 1.67. The minimum atomic E-state index is -4.02. The lowest BCUT2D eigenvalue weighted by molar-refractivity contribution is 0.430. The molecule has 36 heavy (non-hydrogen) atoms. The van der Waals surface area contributed by atoms with E-state index in [4.69, 9.17) is 13.4 Å². The van der Waals surface area contributed by atoms with E-state index in [9.17, 15) is 8.42 Å². The van der Waals surface area contributed by atoms with Crippen LogP contribution in [0.1, 0.15) is 36.9 Å². The Labute approximate surface area is 208 Å². The van der Waals surface area contributed by atoms with Gasteiger partial charge < -0.3 is 13.4 Å². The molecule has 0 aliphatic carbocycles. The summed E-state index contributed by atoms with van der Waals surface area (Å²) in [4.78, 5) is 8.97. The Bertz CT molecular complexity index is 1630. The van der Waals surface area contributed by atoms with Gasteiger partial charge in [-0.05, 0) is 37.6 Å². The van der Waals surface area contributed by atoms with Crippen LogP contribution in [-0.2, 0) is 10.0 Å². The lowest BCUT2D eigenvalue weighted by Crippen LogP contribution is -2.14. The van der Waals surface area contributed by atoms with E-state index in [1.807, 2.05) is 32.0 Å². The summed E-state index contributed by atoms with van der Waals surface area (Å²) in [6.45, 7) is 7.46. The van der Waals surface area contributed by atoms with Crippen molar-refractivity contribution in [3.8, 4) is 33.8 Å². The monoisotopic (exact) mass is 504 g/mol. The first-order chi connectivity index (χ1) is 17.2. The Morgan fingerprint density at radius 2 is 1.78 bits per heavy atom. The molecule has 0 fully saturated rings. The van der Waals surface area contributed by atoms with Gasteiger partial charge in [-0.15, -0.1) is 0 Å². The summed E-state index contributed by atoms with van der Waals surface area (Å²) in [5, 5.41) is 3.84. The molecule has 0 bridgehead atoms. The Morgan fingerprint density at radius 1 is 0.972 bits per heavy atom. The predicted molar refractivity (Wildman–Crippen MR) is 134 cm³/mol. The summed E-state index contributed by atoms with van der Waals surface area (Å²) in [6, 6.07) is 12.3. The van der Waals surface area contributed by atoms with Gasteiger partial charge in [0.1, 0.15) is 18.2 Å². The zero-order valence-corrected chi connectivity index (χ0v) is 21.0. The van der Waals surface area contributed by atoms with Crippen LogP contribution in [0.2, 0.25) is 0 Å². The SMILES string of the molecule is Cc1noc(NS(=O)(=O)c2ccccc2-c2ccc(-c3ncco3)cc2-c2coc(C(C)C)n2)c1C. The fourth-order valence-electron chi connectivity index (χ4n) is 3.78. The minimum absolute atomic E-state index is 0.0798. The molecule has 5 rings (SSSR count). The molecule has 0 atom stereocenters. The maximum Gasteiger partial charge on any atom is 0.264 e. The van der Waals surface area contributed by atoms with Crippen LogP contribution >= 0.6 is 0 Å². The number of rotatable bonds is 7. The second kappa shape index (κ2) is 9.12. The normalized spacial score (nSPS) is 11.8. The van der Waals surface area contributed by atoms with Crippen LogP contribution in [0, 0.1) is 13.8 Å². The van der Waals surface area contributed by atoms with E-state index in [1.165, 1.54) is 6.26 Å². The Morgan fingerprint density at radius 3 is 2.44 bits per heavy atom. The molecule has 0 amide bonds. The van der Waals surface area contributed by atoms with Crippen molar-refractivity contribution in [3.05, 3.63) is 78.3 Å². The van der Waals surface area contributed by atoms with Gasteiger partial charge in [0.15, 0.2) is 5.89 Å². The van der Waals surface area contributed by atoms with Crippen molar-refractivity contribution in [3.63, 3.8) is 0 Å². The fraction of sp³-hybridized carbons (Fsp3) is 0.192. The van der Waals surface area contributed by atoms with Crippen LogP contribution in [0.3, 0.4) is 0 Å². The van der Waals surface area contributed by atoms with Gasteiger partial charge in [-0.3, -0.25) is 0 Å². The average Bonchev–Trinajstić information content (AvgIpc) is 3.63. The molecular weight excluding hydrogens is 480 g/mol. The fourth-order valence-corrected chi connectivity index (χ4v) is 5.05. The van der Waals surface area contributed by atoms with Gasteiger partial charge >= 0.3 is 0 Å². The molecule has 0 aliphatic rings. The summed E-state index contributed by atoms with van der Waals surface area (Å²) in [6.07, 6.45) is 4.64. The molecule has 184 valence electrons. The number of aromatic nitrogens is 3. The average molecular weight is 505 g/mol. The maximum atomic E-state index is 13.5. The summed E-state index contributed by atoms with van der Waals surface area (Å²) in [5.74, 6) is 1.19. The summed E-state index contributed by atoms with van der Waals surface area (Å²) in [7, 11) is -4.02. The smallest absolute Gasteiger partial charge is 0.264 e. The largest absolute Gasteiger partial charge is 0.448 e. The van der Waals surface area contributed by atoms with Crippen LogP contribution in [-0.4, -0.2) is 23.5 Å². The number of sulfonamides is 1. The van der Waals surface area contributed by atoms with Gasteiger partial charge in [-0.25, -0.2) is 23.1 Å². The standard InChI is InChI=1S/C26H24N4O5S/c1-15(2)24-28-22(14-34-24)21-13-18(26-27-11-12-33-26)9-10-19(21)20-7-5-6-8-23(20)36(31,32)30-25-16(3)17(4)29-35-25/h5-15,30H,1-4H3. The van der Waals surface area contributed by atoms with Crippen molar-refractivity contribution in [1.29, 1.82) is 0 Å². The number of hydrogen-bond donors (Lipinski definition) is 1. The van der Waals surface area contributed by atoms with Gasteiger partial charge in [0.2, 0.25) is 11.8 Å². The highest BCUT2D eigenvalue weighted by Gasteiger charge is 2.25.